The number of carboxylic acid groups (broad SMARTS) is 1. The molecule has 1 heterocycles. The van der Waals surface area contributed by atoms with Gasteiger partial charge in [0.2, 0.25) is 5.91 Å². The third-order valence-corrected chi connectivity index (χ3v) is 3.58. The molecule has 0 spiro atoms. The van der Waals surface area contributed by atoms with Crippen LogP contribution in [0.3, 0.4) is 0 Å². The molecule has 0 bridgehead atoms. The van der Waals surface area contributed by atoms with Gasteiger partial charge in [0, 0.05) is 12.2 Å². The van der Waals surface area contributed by atoms with Gasteiger partial charge in [-0.1, -0.05) is 19.3 Å². The minimum Gasteiger partial charge on any atom is -0.478 e. The Morgan fingerprint density at radius 1 is 1.42 bits per heavy atom. The zero-order valence-electron chi connectivity index (χ0n) is 11.0. The highest BCUT2D eigenvalue weighted by atomic mass is 16.4. The number of carboxylic acids is 1. The predicted octanol–water partition coefficient (Wildman–Crippen LogP) is 1.59. The Balaban J connectivity index is 1.95. The molecule has 2 rings (SSSR count). The summed E-state index contributed by atoms with van der Waals surface area (Å²) in [5, 5.41) is 15.8. The van der Waals surface area contributed by atoms with Crippen LogP contribution in [-0.2, 0) is 4.79 Å². The second kappa shape index (κ2) is 5.86. The zero-order valence-corrected chi connectivity index (χ0v) is 11.0. The van der Waals surface area contributed by atoms with Crippen LogP contribution in [0, 0.1) is 0 Å². The van der Waals surface area contributed by atoms with Gasteiger partial charge >= 0.3 is 5.97 Å². The minimum absolute atomic E-state index is 0.0947. The van der Waals surface area contributed by atoms with Gasteiger partial charge in [0.25, 0.3) is 0 Å². The Hall–Kier alpha value is -1.85. The molecule has 0 aromatic carbocycles. The molecule has 2 N–H and O–H groups in total. The largest absolute Gasteiger partial charge is 0.478 e. The van der Waals surface area contributed by atoms with Crippen LogP contribution in [0.15, 0.2) is 12.4 Å². The number of rotatable bonds is 4. The molecule has 6 heteroatoms. The van der Waals surface area contributed by atoms with Crippen molar-refractivity contribution in [3.8, 4) is 0 Å². The van der Waals surface area contributed by atoms with E-state index in [1.807, 2.05) is 0 Å². The Kier molecular flexibility index (Phi) is 4.19. The van der Waals surface area contributed by atoms with E-state index in [1.54, 1.807) is 6.92 Å². The smallest absolute Gasteiger partial charge is 0.338 e. The number of carbonyl (C=O) groups is 2. The number of aromatic nitrogens is 2. The normalized spacial score (nSPS) is 17.9. The molecule has 1 aromatic rings. The molecule has 1 saturated carbocycles. The summed E-state index contributed by atoms with van der Waals surface area (Å²) in [6, 6.07) is -0.242. The summed E-state index contributed by atoms with van der Waals surface area (Å²) in [6.07, 6.45) is 8.24. The summed E-state index contributed by atoms with van der Waals surface area (Å²) in [7, 11) is 0. The number of aromatic carboxylic acids is 1. The van der Waals surface area contributed by atoms with E-state index in [1.165, 1.54) is 23.5 Å². The zero-order chi connectivity index (χ0) is 13.8. The van der Waals surface area contributed by atoms with Crippen molar-refractivity contribution < 1.29 is 14.7 Å². The Morgan fingerprint density at radius 3 is 2.68 bits per heavy atom. The van der Waals surface area contributed by atoms with Crippen molar-refractivity contribution in [2.45, 2.75) is 51.1 Å². The van der Waals surface area contributed by atoms with Gasteiger partial charge in [-0.25, -0.2) is 4.79 Å². The molecule has 1 amide bonds. The van der Waals surface area contributed by atoms with Crippen molar-refractivity contribution >= 4 is 11.9 Å². The van der Waals surface area contributed by atoms with Crippen LogP contribution in [0.1, 0.15) is 55.4 Å². The number of nitrogens with zero attached hydrogens (tertiary/aromatic N) is 2. The minimum atomic E-state index is -1.04. The summed E-state index contributed by atoms with van der Waals surface area (Å²) >= 11 is 0. The van der Waals surface area contributed by atoms with Gasteiger partial charge in [0.1, 0.15) is 6.04 Å². The number of hydrogen-bond acceptors (Lipinski definition) is 3. The van der Waals surface area contributed by atoms with Gasteiger partial charge in [-0.2, -0.15) is 5.10 Å². The average molecular weight is 265 g/mol. The summed E-state index contributed by atoms with van der Waals surface area (Å²) < 4.78 is 1.39. The molecular weight excluding hydrogens is 246 g/mol. The van der Waals surface area contributed by atoms with Crippen LogP contribution in [-0.4, -0.2) is 32.8 Å². The molecule has 0 radical (unpaired) electrons. The quantitative estimate of drug-likeness (QED) is 0.865. The maximum atomic E-state index is 12.1. The van der Waals surface area contributed by atoms with Crippen LogP contribution in [0.25, 0.3) is 0 Å². The first-order chi connectivity index (χ1) is 9.08. The highest BCUT2D eigenvalue weighted by Gasteiger charge is 2.21. The van der Waals surface area contributed by atoms with Crippen molar-refractivity contribution in [1.29, 1.82) is 0 Å². The SMILES string of the molecule is CC(C(=O)NC1CCCCC1)n1cc(C(=O)O)cn1. The molecular formula is C13H19N3O3. The van der Waals surface area contributed by atoms with E-state index >= 15 is 0 Å². The van der Waals surface area contributed by atoms with E-state index in [4.69, 9.17) is 5.11 Å². The van der Waals surface area contributed by atoms with E-state index in [0.29, 0.717) is 0 Å². The topological polar surface area (TPSA) is 84.2 Å². The molecule has 19 heavy (non-hydrogen) atoms. The van der Waals surface area contributed by atoms with E-state index in [9.17, 15) is 9.59 Å². The Bertz CT molecular complexity index is 463. The second-order valence-electron chi connectivity index (χ2n) is 5.03. The molecule has 1 aromatic heterocycles. The lowest BCUT2D eigenvalue weighted by molar-refractivity contribution is -0.125. The Labute approximate surface area is 111 Å². The van der Waals surface area contributed by atoms with Crippen LogP contribution in [0.4, 0.5) is 0 Å². The highest BCUT2D eigenvalue weighted by molar-refractivity contribution is 5.87. The lowest BCUT2D eigenvalue weighted by Crippen LogP contribution is -2.40. The van der Waals surface area contributed by atoms with Crippen LogP contribution in [0.5, 0.6) is 0 Å². The van der Waals surface area contributed by atoms with Gasteiger partial charge in [0.15, 0.2) is 0 Å². The van der Waals surface area contributed by atoms with E-state index in [2.05, 4.69) is 10.4 Å². The molecule has 1 aliphatic carbocycles. The van der Waals surface area contributed by atoms with Gasteiger partial charge in [-0.3, -0.25) is 9.48 Å². The molecule has 104 valence electrons. The highest BCUT2D eigenvalue weighted by Crippen LogP contribution is 2.18. The molecule has 1 unspecified atom stereocenters. The Morgan fingerprint density at radius 2 is 2.11 bits per heavy atom. The lowest BCUT2D eigenvalue weighted by Gasteiger charge is -2.24. The maximum absolute atomic E-state index is 12.1. The standard InChI is InChI=1S/C13H19N3O3/c1-9(16-8-10(7-14-16)13(18)19)12(17)15-11-5-3-2-4-6-11/h7-9,11H,2-6H2,1H3,(H,15,17)(H,18,19). The predicted molar refractivity (Wildman–Crippen MR) is 68.9 cm³/mol. The summed E-state index contributed by atoms with van der Waals surface area (Å²) in [4.78, 5) is 22.8. The molecule has 1 fully saturated rings. The van der Waals surface area contributed by atoms with E-state index in [0.717, 1.165) is 25.7 Å². The van der Waals surface area contributed by atoms with Gasteiger partial charge in [0.05, 0.1) is 11.8 Å². The van der Waals surface area contributed by atoms with E-state index < -0.39 is 12.0 Å². The fourth-order valence-corrected chi connectivity index (χ4v) is 2.35. The van der Waals surface area contributed by atoms with Crippen LogP contribution < -0.4 is 5.32 Å². The van der Waals surface area contributed by atoms with Crippen molar-refractivity contribution in [3.63, 3.8) is 0 Å². The second-order valence-corrected chi connectivity index (χ2v) is 5.03. The number of carbonyl (C=O) groups excluding carboxylic acids is 1. The van der Waals surface area contributed by atoms with Crippen molar-refractivity contribution in [2.24, 2.45) is 0 Å². The number of amides is 1. The van der Waals surface area contributed by atoms with Crippen molar-refractivity contribution in [2.75, 3.05) is 0 Å². The molecule has 0 aliphatic heterocycles. The first-order valence-electron chi connectivity index (χ1n) is 6.65. The third kappa shape index (κ3) is 3.33. The van der Waals surface area contributed by atoms with Gasteiger partial charge in [-0.05, 0) is 19.8 Å². The first-order valence-corrected chi connectivity index (χ1v) is 6.65. The summed E-state index contributed by atoms with van der Waals surface area (Å²) in [5.74, 6) is -1.14. The third-order valence-electron chi connectivity index (χ3n) is 3.58. The molecule has 1 atom stereocenters. The maximum Gasteiger partial charge on any atom is 0.338 e. The monoisotopic (exact) mass is 265 g/mol. The number of nitrogens with one attached hydrogen (secondary N) is 1. The molecule has 1 aliphatic rings. The molecule has 0 saturated heterocycles. The molecule has 6 nitrogen and oxygen atoms in total. The first kappa shape index (κ1) is 13.6. The average Bonchev–Trinajstić information content (AvgIpc) is 2.88. The van der Waals surface area contributed by atoms with Gasteiger partial charge < -0.3 is 10.4 Å². The summed E-state index contributed by atoms with van der Waals surface area (Å²) in [5.41, 5.74) is 0.0947. The van der Waals surface area contributed by atoms with E-state index in [-0.39, 0.29) is 17.5 Å². The van der Waals surface area contributed by atoms with Crippen LogP contribution in [0.2, 0.25) is 0 Å². The summed E-state index contributed by atoms with van der Waals surface area (Å²) in [6.45, 7) is 1.72. The van der Waals surface area contributed by atoms with Crippen molar-refractivity contribution in [1.82, 2.24) is 15.1 Å². The van der Waals surface area contributed by atoms with Crippen LogP contribution >= 0.6 is 0 Å². The fourth-order valence-electron chi connectivity index (χ4n) is 2.35. The fraction of sp³-hybridized carbons (Fsp3) is 0.615. The van der Waals surface area contributed by atoms with Gasteiger partial charge in [-0.15, -0.1) is 0 Å². The van der Waals surface area contributed by atoms with Crippen molar-refractivity contribution in [3.05, 3.63) is 18.0 Å². The number of hydrogen-bond donors (Lipinski definition) is 2. The lowest BCUT2D eigenvalue weighted by atomic mass is 9.95.